The minimum atomic E-state index is -0.260. The number of carbonyl (C=O) groups is 1. The standard InChI is InChI=1S/C15H15FN4O/c16-11-3-1-10(2-4-11)7-18-14-9-17-13(8-19-14)15(21)20-12-5-6-12/h1-4,8-9,12H,5-7H2,(H,18,19)(H,20,21). The highest BCUT2D eigenvalue weighted by Gasteiger charge is 2.24. The molecular weight excluding hydrogens is 271 g/mol. The van der Waals surface area contributed by atoms with Gasteiger partial charge in [0.1, 0.15) is 17.3 Å². The molecule has 0 aliphatic heterocycles. The second kappa shape index (κ2) is 5.87. The van der Waals surface area contributed by atoms with E-state index in [0.29, 0.717) is 24.1 Å². The van der Waals surface area contributed by atoms with E-state index in [-0.39, 0.29) is 11.7 Å². The summed E-state index contributed by atoms with van der Waals surface area (Å²) < 4.78 is 12.8. The molecule has 0 bridgehead atoms. The van der Waals surface area contributed by atoms with Crippen molar-refractivity contribution in [3.63, 3.8) is 0 Å². The maximum absolute atomic E-state index is 12.8. The number of hydrogen-bond donors (Lipinski definition) is 2. The minimum absolute atomic E-state index is 0.185. The lowest BCUT2D eigenvalue weighted by molar-refractivity contribution is 0.0945. The predicted octanol–water partition coefficient (Wildman–Crippen LogP) is 2.12. The first kappa shape index (κ1) is 13.5. The van der Waals surface area contributed by atoms with Crippen LogP contribution < -0.4 is 10.6 Å². The molecule has 5 nitrogen and oxygen atoms in total. The number of nitrogens with zero attached hydrogens (tertiary/aromatic N) is 2. The molecule has 0 atom stereocenters. The van der Waals surface area contributed by atoms with Crippen molar-refractivity contribution in [3.8, 4) is 0 Å². The van der Waals surface area contributed by atoms with Gasteiger partial charge < -0.3 is 10.6 Å². The Morgan fingerprint density at radius 1 is 1.19 bits per heavy atom. The fourth-order valence-corrected chi connectivity index (χ4v) is 1.82. The Morgan fingerprint density at radius 2 is 1.95 bits per heavy atom. The number of anilines is 1. The zero-order valence-corrected chi connectivity index (χ0v) is 11.3. The van der Waals surface area contributed by atoms with Crippen molar-refractivity contribution in [1.82, 2.24) is 15.3 Å². The molecule has 1 aliphatic carbocycles. The number of halogens is 1. The Labute approximate surface area is 121 Å². The van der Waals surface area contributed by atoms with Crippen LogP contribution in [0.15, 0.2) is 36.7 Å². The fraction of sp³-hybridized carbons (Fsp3) is 0.267. The molecule has 0 spiro atoms. The Bertz CT molecular complexity index is 623. The number of nitrogens with one attached hydrogen (secondary N) is 2. The minimum Gasteiger partial charge on any atom is -0.365 e. The molecule has 2 aromatic rings. The summed E-state index contributed by atoms with van der Waals surface area (Å²) in [4.78, 5) is 20.0. The van der Waals surface area contributed by atoms with E-state index in [0.717, 1.165) is 18.4 Å². The Kier molecular flexibility index (Phi) is 3.77. The lowest BCUT2D eigenvalue weighted by Gasteiger charge is -2.06. The van der Waals surface area contributed by atoms with Gasteiger partial charge in [0.25, 0.3) is 5.91 Å². The van der Waals surface area contributed by atoms with Crippen molar-refractivity contribution in [3.05, 3.63) is 53.7 Å². The van der Waals surface area contributed by atoms with Gasteiger partial charge in [0.05, 0.1) is 12.4 Å². The lowest BCUT2D eigenvalue weighted by atomic mass is 10.2. The summed E-state index contributed by atoms with van der Waals surface area (Å²) in [6, 6.07) is 6.53. The van der Waals surface area contributed by atoms with Crippen molar-refractivity contribution < 1.29 is 9.18 Å². The highest BCUT2D eigenvalue weighted by atomic mass is 19.1. The first-order valence-electron chi connectivity index (χ1n) is 6.82. The van der Waals surface area contributed by atoms with Gasteiger partial charge in [-0.1, -0.05) is 12.1 Å². The molecule has 21 heavy (non-hydrogen) atoms. The number of benzene rings is 1. The molecule has 0 radical (unpaired) electrons. The van der Waals surface area contributed by atoms with E-state index in [2.05, 4.69) is 20.6 Å². The molecule has 1 fully saturated rings. The SMILES string of the molecule is O=C(NC1CC1)c1cnc(NCc2ccc(F)cc2)cn1. The largest absolute Gasteiger partial charge is 0.365 e. The van der Waals surface area contributed by atoms with Crippen molar-refractivity contribution in [2.45, 2.75) is 25.4 Å². The molecule has 1 aliphatic rings. The summed E-state index contributed by atoms with van der Waals surface area (Å²) in [5.41, 5.74) is 1.25. The average Bonchev–Trinajstić information content (AvgIpc) is 3.31. The number of aromatic nitrogens is 2. The van der Waals surface area contributed by atoms with Crippen LogP contribution in [0.3, 0.4) is 0 Å². The molecule has 6 heteroatoms. The van der Waals surface area contributed by atoms with Crippen LogP contribution in [0, 0.1) is 5.82 Å². The molecule has 1 aromatic heterocycles. The molecule has 0 unspecified atom stereocenters. The Balaban J connectivity index is 1.56. The summed E-state index contributed by atoms with van der Waals surface area (Å²) in [7, 11) is 0. The first-order valence-corrected chi connectivity index (χ1v) is 6.82. The number of rotatable bonds is 5. The maximum Gasteiger partial charge on any atom is 0.271 e. The highest BCUT2D eigenvalue weighted by Crippen LogP contribution is 2.19. The summed E-state index contributed by atoms with van der Waals surface area (Å²) in [6.07, 6.45) is 5.04. The third kappa shape index (κ3) is 3.75. The van der Waals surface area contributed by atoms with Gasteiger partial charge in [-0.3, -0.25) is 4.79 Å². The Hall–Kier alpha value is -2.50. The zero-order valence-electron chi connectivity index (χ0n) is 11.3. The van der Waals surface area contributed by atoms with Crippen molar-refractivity contribution >= 4 is 11.7 Å². The van der Waals surface area contributed by atoms with Crippen molar-refractivity contribution in [2.24, 2.45) is 0 Å². The van der Waals surface area contributed by atoms with Crippen LogP contribution in [0.2, 0.25) is 0 Å². The average molecular weight is 286 g/mol. The molecule has 0 saturated heterocycles. The zero-order chi connectivity index (χ0) is 14.7. The maximum atomic E-state index is 12.8. The van der Waals surface area contributed by atoms with Crippen LogP contribution in [0.25, 0.3) is 0 Å². The molecule has 1 heterocycles. The summed E-state index contributed by atoms with van der Waals surface area (Å²) >= 11 is 0. The van der Waals surface area contributed by atoms with Gasteiger partial charge in [0, 0.05) is 12.6 Å². The monoisotopic (exact) mass is 286 g/mol. The molecule has 1 saturated carbocycles. The van der Waals surface area contributed by atoms with E-state index >= 15 is 0 Å². The fourth-order valence-electron chi connectivity index (χ4n) is 1.82. The quantitative estimate of drug-likeness (QED) is 0.883. The highest BCUT2D eigenvalue weighted by molar-refractivity contribution is 5.92. The third-order valence-electron chi connectivity index (χ3n) is 3.18. The molecular formula is C15H15FN4O. The number of amides is 1. The summed E-state index contributed by atoms with van der Waals surface area (Å²) in [5.74, 6) is 0.127. The second-order valence-electron chi connectivity index (χ2n) is 5.01. The topological polar surface area (TPSA) is 66.9 Å². The van der Waals surface area contributed by atoms with Gasteiger partial charge in [0.2, 0.25) is 0 Å². The van der Waals surface area contributed by atoms with E-state index in [1.54, 1.807) is 12.1 Å². The number of carbonyl (C=O) groups excluding carboxylic acids is 1. The normalized spacial score (nSPS) is 13.8. The van der Waals surface area contributed by atoms with Gasteiger partial charge in [0.15, 0.2) is 0 Å². The van der Waals surface area contributed by atoms with Crippen LogP contribution in [0.4, 0.5) is 10.2 Å². The summed E-state index contributed by atoms with van der Waals surface area (Å²) in [6.45, 7) is 0.516. The second-order valence-corrected chi connectivity index (χ2v) is 5.01. The molecule has 3 rings (SSSR count). The van der Waals surface area contributed by atoms with Gasteiger partial charge in [-0.25, -0.2) is 14.4 Å². The summed E-state index contributed by atoms with van der Waals surface area (Å²) in [5, 5.41) is 5.93. The van der Waals surface area contributed by atoms with E-state index in [1.165, 1.54) is 24.5 Å². The lowest BCUT2D eigenvalue weighted by Crippen LogP contribution is -2.26. The third-order valence-corrected chi connectivity index (χ3v) is 3.18. The van der Waals surface area contributed by atoms with Crippen molar-refractivity contribution in [1.29, 1.82) is 0 Å². The van der Waals surface area contributed by atoms with Crippen LogP contribution in [0.1, 0.15) is 28.9 Å². The molecule has 1 aromatic carbocycles. The molecule has 2 N–H and O–H groups in total. The van der Waals surface area contributed by atoms with Crippen LogP contribution in [0.5, 0.6) is 0 Å². The van der Waals surface area contributed by atoms with Gasteiger partial charge in [-0.15, -0.1) is 0 Å². The van der Waals surface area contributed by atoms with Gasteiger partial charge in [-0.05, 0) is 30.5 Å². The molecule has 108 valence electrons. The van der Waals surface area contributed by atoms with Gasteiger partial charge >= 0.3 is 0 Å². The number of hydrogen-bond acceptors (Lipinski definition) is 4. The van der Waals surface area contributed by atoms with E-state index in [9.17, 15) is 9.18 Å². The smallest absolute Gasteiger partial charge is 0.271 e. The van der Waals surface area contributed by atoms with Crippen molar-refractivity contribution in [2.75, 3.05) is 5.32 Å². The van der Waals surface area contributed by atoms with Crippen LogP contribution in [-0.2, 0) is 6.54 Å². The first-order chi connectivity index (χ1) is 10.2. The van der Waals surface area contributed by atoms with E-state index in [1.807, 2.05) is 0 Å². The van der Waals surface area contributed by atoms with E-state index < -0.39 is 0 Å². The Morgan fingerprint density at radius 3 is 2.57 bits per heavy atom. The molecule has 1 amide bonds. The van der Waals surface area contributed by atoms with Crippen LogP contribution in [-0.4, -0.2) is 21.9 Å². The van der Waals surface area contributed by atoms with Crippen LogP contribution >= 0.6 is 0 Å². The van der Waals surface area contributed by atoms with E-state index in [4.69, 9.17) is 0 Å². The predicted molar refractivity (Wildman–Crippen MR) is 76.2 cm³/mol. The van der Waals surface area contributed by atoms with Gasteiger partial charge in [-0.2, -0.15) is 0 Å².